The van der Waals surface area contributed by atoms with Crippen molar-refractivity contribution in [1.29, 1.82) is 0 Å². The van der Waals surface area contributed by atoms with E-state index in [0.29, 0.717) is 4.88 Å². The molecule has 0 unspecified atom stereocenters. The van der Waals surface area contributed by atoms with Crippen LogP contribution in [0.15, 0.2) is 30.3 Å². The molecule has 5 heteroatoms. The first kappa shape index (κ1) is 12.9. The van der Waals surface area contributed by atoms with E-state index in [0.717, 1.165) is 21.6 Å². The molecule has 3 aromatic rings. The van der Waals surface area contributed by atoms with Crippen molar-refractivity contribution in [3.05, 3.63) is 46.5 Å². The van der Waals surface area contributed by atoms with Gasteiger partial charge in [-0.1, -0.05) is 17.7 Å². The average Bonchev–Trinajstić information content (AvgIpc) is 3.00. The zero-order valence-corrected chi connectivity index (χ0v) is 12.3. The van der Waals surface area contributed by atoms with E-state index in [2.05, 4.69) is 5.10 Å². The predicted octanol–water partition coefficient (Wildman–Crippen LogP) is 3.49. The van der Waals surface area contributed by atoms with Gasteiger partial charge in [0.05, 0.1) is 18.5 Å². The van der Waals surface area contributed by atoms with E-state index in [-0.39, 0.29) is 5.97 Å². The first-order valence-electron chi connectivity index (χ1n) is 6.24. The summed E-state index contributed by atoms with van der Waals surface area (Å²) < 4.78 is 6.65. The van der Waals surface area contributed by atoms with Crippen molar-refractivity contribution in [3.63, 3.8) is 0 Å². The molecule has 0 N–H and O–H groups in total. The first-order chi connectivity index (χ1) is 9.60. The lowest BCUT2D eigenvalue weighted by Gasteiger charge is -2.02. The fourth-order valence-electron chi connectivity index (χ4n) is 2.11. The molecule has 0 aliphatic heterocycles. The number of carbonyl (C=O) groups excluding carboxylic acids is 1. The van der Waals surface area contributed by atoms with Crippen LogP contribution in [0.5, 0.6) is 0 Å². The van der Waals surface area contributed by atoms with E-state index in [9.17, 15) is 4.79 Å². The summed E-state index contributed by atoms with van der Waals surface area (Å²) in [6.45, 7) is 4.00. The number of carbonyl (C=O) groups is 1. The Bertz CT molecular complexity index is 784. The standard InChI is InChI=1S/C15H14N2O2S/c1-9-4-6-11(7-5-9)17-14-12(10(2)16-17)8-13(20-14)15(18)19-3/h4-8H,1-3H3. The number of aryl methyl sites for hydroxylation is 2. The summed E-state index contributed by atoms with van der Waals surface area (Å²) in [7, 11) is 1.39. The Hall–Kier alpha value is -2.14. The van der Waals surface area contributed by atoms with Gasteiger partial charge in [0.15, 0.2) is 0 Å². The number of esters is 1. The highest BCUT2D eigenvalue weighted by Crippen LogP contribution is 2.30. The van der Waals surface area contributed by atoms with Crippen LogP contribution in [-0.4, -0.2) is 22.9 Å². The van der Waals surface area contributed by atoms with E-state index < -0.39 is 0 Å². The van der Waals surface area contributed by atoms with Gasteiger partial charge in [-0.05, 0) is 32.0 Å². The molecule has 0 amide bonds. The van der Waals surface area contributed by atoms with Crippen LogP contribution >= 0.6 is 11.3 Å². The lowest BCUT2D eigenvalue weighted by Crippen LogP contribution is -1.98. The van der Waals surface area contributed by atoms with E-state index >= 15 is 0 Å². The van der Waals surface area contributed by atoms with Crippen LogP contribution < -0.4 is 0 Å². The number of rotatable bonds is 2. The zero-order chi connectivity index (χ0) is 14.3. The summed E-state index contributed by atoms with van der Waals surface area (Å²) in [5.41, 5.74) is 3.11. The van der Waals surface area contributed by atoms with Gasteiger partial charge in [-0.3, -0.25) is 0 Å². The number of aromatic nitrogens is 2. The van der Waals surface area contributed by atoms with Crippen molar-refractivity contribution >= 4 is 27.5 Å². The quantitative estimate of drug-likeness (QED) is 0.677. The fourth-order valence-corrected chi connectivity index (χ4v) is 3.21. The number of benzene rings is 1. The molecule has 0 atom stereocenters. The van der Waals surface area contributed by atoms with Crippen molar-refractivity contribution < 1.29 is 9.53 Å². The summed E-state index contributed by atoms with van der Waals surface area (Å²) in [4.78, 5) is 13.2. The molecule has 1 aromatic carbocycles. The Balaban J connectivity index is 2.18. The minimum Gasteiger partial charge on any atom is -0.465 e. The Morgan fingerprint density at radius 3 is 2.60 bits per heavy atom. The van der Waals surface area contributed by atoms with E-state index in [1.165, 1.54) is 24.0 Å². The molecule has 0 bridgehead atoms. The zero-order valence-electron chi connectivity index (χ0n) is 11.5. The first-order valence-corrected chi connectivity index (χ1v) is 7.06. The van der Waals surface area contributed by atoms with Gasteiger partial charge < -0.3 is 4.74 Å². The highest BCUT2D eigenvalue weighted by Gasteiger charge is 2.17. The number of thiophene rings is 1. The average molecular weight is 286 g/mol. The van der Waals surface area contributed by atoms with Gasteiger partial charge in [-0.2, -0.15) is 5.10 Å². The summed E-state index contributed by atoms with van der Waals surface area (Å²) in [6, 6.07) is 10.00. The topological polar surface area (TPSA) is 44.1 Å². The van der Waals surface area contributed by atoms with Crippen LogP contribution in [0.3, 0.4) is 0 Å². The normalized spacial score (nSPS) is 10.9. The Kier molecular flexibility index (Phi) is 3.06. The lowest BCUT2D eigenvalue weighted by atomic mass is 10.2. The van der Waals surface area contributed by atoms with Crippen molar-refractivity contribution in [3.8, 4) is 5.69 Å². The third-order valence-electron chi connectivity index (χ3n) is 3.21. The summed E-state index contributed by atoms with van der Waals surface area (Å²) in [5, 5.41) is 5.55. The van der Waals surface area contributed by atoms with Crippen LogP contribution in [0.2, 0.25) is 0 Å². The monoisotopic (exact) mass is 286 g/mol. The third-order valence-corrected chi connectivity index (χ3v) is 4.30. The minimum absolute atomic E-state index is 0.305. The van der Waals surface area contributed by atoms with Crippen LogP contribution in [0.1, 0.15) is 20.9 Å². The number of nitrogens with zero attached hydrogens (tertiary/aromatic N) is 2. The second-order valence-corrected chi connectivity index (χ2v) is 5.68. The van der Waals surface area contributed by atoms with Gasteiger partial charge >= 0.3 is 5.97 Å². The van der Waals surface area contributed by atoms with Crippen LogP contribution in [0, 0.1) is 13.8 Å². The molecule has 102 valence electrons. The molecule has 0 saturated heterocycles. The minimum atomic E-state index is -0.305. The van der Waals surface area contributed by atoms with Crippen molar-refractivity contribution in [1.82, 2.24) is 9.78 Å². The van der Waals surface area contributed by atoms with E-state index in [1.807, 2.05) is 48.9 Å². The third kappa shape index (κ3) is 2.00. The summed E-state index contributed by atoms with van der Waals surface area (Å²) >= 11 is 1.40. The number of ether oxygens (including phenoxy) is 1. The Morgan fingerprint density at radius 2 is 1.95 bits per heavy atom. The van der Waals surface area contributed by atoms with Gasteiger partial charge in [-0.25, -0.2) is 9.48 Å². The molecule has 2 heterocycles. The summed E-state index contributed by atoms with van der Waals surface area (Å²) in [5.74, 6) is -0.305. The molecule has 2 aromatic heterocycles. The van der Waals surface area contributed by atoms with E-state index in [4.69, 9.17) is 4.74 Å². The van der Waals surface area contributed by atoms with Crippen molar-refractivity contribution in [2.24, 2.45) is 0 Å². The largest absolute Gasteiger partial charge is 0.465 e. The second kappa shape index (κ2) is 4.76. The van der Waals surface area contributed by atoms with Gasteiger partial charge in [0.2, 0.25) is 0 Å². The Labute approximate surface area is 120 Å². The number of methoxy groups -OCH3 is 1. The van der Waals surface area contributed by atoms with Gasteiger partial charge in [0.25, 0.3) is 0 Å². The van der Waals surface area contributed by atoms with Crippen LogP contribution in [0.25, 0.3) is 15.9 Å². The maximum absolute atomic E-state index is 11.6. The molecule has 0 saturated carbocycles. The SMILES string of the molecule is COC(=O)c1cc2c(C)nn(-c3ccc(C)cc3)c2s1. The van der Waals surface area contributed by atoms with Crippen LogP contribution in [0.4, 0.5) is 0 Å². The Morgan fingerprint density at radius 1 is 1.25 bits per heavy atom. The molecular weight excluding hydrogens is 272 g/mol. The molecule has 0 aliphatic rings. The molecule has 20 heavy (non-hydrogen) atoms. The number of hydrogen-bond donors (Lipinski definition) is 0. The molecule has 0 spiro atoms. The highest BCUT2D eigenvalue weighted by molar-refractivity contribution is 7.20. The van der Waals surface area contributed by atoms with E-state index in [1.54, 1.807) is 0 Å². The molecular formula is C15H14N2O2S. The molecule has 0 radical (unpaired) electrons. The fraction of sp³-hybridized carbons (Fsp3) is 0.200. The number of hydrogen-bond acceptors (Lipinski definition) is 4. The predicted molar refractivity (Wildman–Crippen MR) is 79.8 cm³/mol. The van der Waals surface area contributed by atoms with Gasteiger partial charge in [0.1, 0.15) is 9.71 Å². The maximum Gasteiger partial charge on any atom is 0.348 e. The number of fused-ring (bicyclic) bond motifs is 1. The molecule has 4 nitrogen and oxygen atoms in total. The molecule has 0 aliphatic carbocycles. The van der Waals surface area contributed by atoms with Gasteiger partial charge in [-0.15, -0.1) is 11.3 Å². The second-order valence-electron chi connectivity index (χ2n) is 4.65. The van der Waals surface area contributed by atoms with Gasteiger partial charge in [0, 0.05) is 5.39 Å². The molecule has 3 rings (SSSR count). The van der Waals surface area contributed by atoms with Crippen LogP contribution in [-0.2, 0) is 4.74 Å². The van der Waals surface area contributed by atoms with Crippen molar-refractivity contribution in [2.45, 2.75) is 13.8 Å². The smallest absolute Gasteiger partial charge is 0.348 e. The maximum atomic E-state index is 11.6. The highest BCUT2D eigenvalue weighted by atomic mass is 32.1. The molecule has 0 fully saturated rings. The lowest BCUT2D eigenvalue weighted by molar-refractivity contribution is 0.0606. The van der Waals surface area contributed by atoms with Crippen molar-refractivity contribution in [2.75, 3.05) is 7.11 Å². The summed E-state index contributed by atoms with van der Waals surface area (Å²) in [6.07, 6.45) is 0.